The number of hydrogen-bond acceptors (Lipinski definition) is 4. The van der Waals surface area contributed by atoms with E-state index in [1.807, 2.05) is 0 Å². The van der Waals surface area contributed by atoms with Gasteiger partial charge in [0, 0.05) is 22.3 Å². The van der Waals surface area contributed by atoms with Gasteiger partial charge in [0.2, 0.25) is 5.91 Å². The monoisotopic (exact) mass is 369 g/mol. The average Bonchev–Trinajstić information content (AvgIpc) is 2.64. The topological polar surface area (TPSA) is 84.1 Å². The minimum absolute atomic E-state index is 0.0960. The molecule has 2 aromatic carbocycles. The van der Waals surface area contributed by atoms with Crippen molar-refractivity contribution in [3.63, 3.8) is 0 Å². The molecule has 6 nitrogen and oxygen atoms in total. The molecule has 2 N–H and O–H groups in total. The van der Waals surface area contributed by atoms with Crippen LogP contribution in [0.25, 0.3) is 11.4 Å². The maximum atomic E-state index is 12.3. The highest BCUT2D eigenvalue weighted by atomic mass is 35.5. The second-order valence-corrected chi connectivity index (χ2v) is 5.95. The maximum Gasteiger partial charge on any atom is 0.254 e. The van der Waals surface area contributed by atoms with Gasteiger partial charge in [0.25, 0.3) is 5.56 Å². The highest BCUT2D eigenvalue weighted by molar-refractivity contribution is 6.30. The fourth-order valence-electron chi connectivity index (χ4n) is 2.42. The Hall–Kier alpha value is -3.12. The molecular formula is C19H16ClN3O3. The normalized spacial score (nSPS) is 10.4. The van der Waals surface area contributed by atoms with E-state index in [0.717, 1.165) is 5.56 Å². The molecule has 1 amide bonds. The highest BCUT2D eigenvalue weighted by Gasteiger charge is 2.11. The fourth-order valence-corrected chi connectivity index (χ4v) is 2.54. The van der Waals surface area contributed by atoms with Crippen molar-refractivity contribution in [1.29, 1.82) is 0 Å². The van der Waals surface area contributed by atoms with Gasteiger partial charge in [0.05, 0.1) is 19.2 Å². The molecule has 3 rings (SSSR count). The average molecular weight is 370 g/mol. The number of benzene rings is 2. The van der Waals surface area contributed by atoms with Gasteiger partial charge in [-0.25, -0.2) is 4.98 Å². The summed E-state index contributed by atoms with van der Waals surface area (Å²) in [4.78, 5) is 31.4. The Morgan fingerprint density at radius 3 is 2.62 bits per heavy atom. The molecule has 0 spiro atoms. The summed E-state index contributed by atoms with van der Waals surface area (Å²) in [5.41, 5.74) is 1.19. The first-order valence-electron chi connectivity index (χ1n) is 7.84. The van der Waals surface area contributed by atoms with Crippen LogP contribution in [0.1, 0.15) is 5.56 Å². The Kier molecular flexibility index (Phi) is 5.34. The number of nitrogens with zero attached hydrogens (tertiary/aromatic N) is 1. The van der Waals surface area contributed by atoms with Crippen molar-refractivity contribution < 1.29 is 9.53 Å². The lowest BCUT2D eigenvalue weighted by Crippen LogP contribution is -2.22. The molecular weight excluding hydrogens is 354 g/mol. The van der Waals surface area contributed by atoms with Crippen molar-refractivity contribution in [3.8, 4) is 17.1 Å². The third kappa shape index (κ3) is 4.10. The van der Waals surface area contributed by atoms with Crippen LogP contribution in [0.2, 0.25) is 5.02 Å². The number of carbonyl (C=O) groups is 1. The van der Waals surface area contributed by atoms with Crippen molar-refractivity contribution in [1.82, 2.24) is 9.97 Å². The van der Waals surface area contributed by atoms with Crippen molar-refractivity contribution in [3.05, 3.63) is 75.7 Å². The molecule has 0 radical (unpaired) electrons. The third-order valence-corrected chi connectivity index (χ3v) is 3.97. The van der Waals surface area contributed by atoms with Gasteiger partial charge in [-0.2, -0.15) is 0 Å². The zero-order valence-corrected chi connectivity index (χ0v) is 14.7. The molecule has 132 valence electrons. The molecule has 1 aromatic heterocycles. The number of aromatic amines is 1. The van der Waals surface area contributed by atoms with Gasteiger partial charge in [-0.05, 0) is 36.4 Å². The Morgan fingerprint density at radius 1 is 1.19 bits per heavy atom. The third-order valence-electron chi connectivity index (χ3n) is 3.72. The van der Waals surface area contributed by atoms with Crippen LogP contribution in [0.5, 0.6) is 5.75 Å². The summed E-state index contributed by atoms with van der Waals surface area (Å²) in [6, 6.07) is 14.0. The molecule has 1 heterocycles. The van der Waals surface area contributed by atoms with Crippen molar-refractivity contribution >= 4 is 23.2 Å². The summed E-state index contributed by atoms with van der Waals surface area (Å²) in [6.07, 6.45) is 1.31. The van der Waals surface area contributed by atoms with Gasteiger partial charge in [0.1, 0.15) is 11.6 Å². The van der Waals surface area contributed by atoms with Crippen molar-refractivity contribution in [2.45, 2.75) is 6.42 Å². The lowest BCUT2D eigenvalue weighted by atomic mass is 10.2. The second kappa shape index (κ2) is 7.84. The second-order valence-electron chi connectivity index (χ2n) is 5.52. The number of methoxy groups -OCH3 is 1. The molecule has 0 aliphatic heterocycles. The number of carbonyl (C=O) groups excluding carboxylic acids is 1. The quantitative estimate of drug-likeness (QED) is 0.722. The minimum Gasteiger partial charge on any atom is -0.495 e. The maximum absolute atomic E-state index is 12.3. The van der Waals surface area contributed by atoms with Crippen molar-refractivity contribution in [2.75, 3.05) is 12.4 Å². The van der Waals surface area contributed by atoms with E-state index in [1.54, 1.807) is 48.5 Å². The predicted molar refractivity (Wildman–Crippen MR) is 101 cm³/mol. The van der Waals surface area contributed by atoms with Gasteiger partial charge >= 0.3 is 0 Å². The first kappa shape index (κ1) is 17.7. The molecule has 26 heavy (non-hydrogen) atoms. The van der Waals surface area contributed by atoms with E-state index in [1.165, 1.54) is 13.3 Å². The van der Waals surface area contributed by atoms with E-state index in [9.17, 15) is 9.59 Å². The highest BCUT2D eigenvalue weighted by Crippen LogP contribution is 2.23. The standard InChI is InChI=1S/C19H16ClN3O3/c1-26-16-5-3-2-4-15(16)22-17(24)10-13-11-21-18(23-19(13)25)12-6-8-14(20)9-7-12/h2-9,11H,10H2,1H3,(H,22,24)(H,21,23,25). The molecule has 0 aliphatic carbocycles. The van der Waals surface area contributed by atoms with E-state index in [4.69, 9.17) is 16.3 Å². The van der Waals surface area contributed by atoms with Crippen LogP contribution in [0, 0.1) is 0 Å². The number of halogens is 1. The number of rotatable bonds is 5. The fraction of sp³-hybridized carbons (Fsp3) is 0.105. The summed E-state index contributed by atoms with van der Waals surface area (Å²) in [6.45, 7) is 0. The Bertz CT molecular complexity index is 984. The predicted octanol–water partition coefficient (Wildman–Crippen LogP) is 3.28. The molecule has 0 unspecified atom stereocenters. The molecule has 0 atom stereocenters. The largest absolute Gasteiger partial charge is 0.495 e. The molecule has 0 saturated heterocycles. The summed E-state index contributed by atoms with van der Waals surface area (Å²) in [5.74, 6) is 0.632. The van der Waals surface area contributed by atoms with Gasteiger partial charge in [-0.3, -0.25) is 9.59 Å². The van der Waals surface area contributed by atoms with Crippen LogP contribution in [0.15, 0.2) is 59.5 Å². The van der Waals surface area contributed by atoms with E-state index in [0.29, 0.717) is 22.3 Å². The number of H-pyrrole nitrogens is 1. The van der Waals surface area contributed by atoms with Crippen LogP contribution in [0.3, 0.4) is 0 Å². The van der Waals surface area contributed by atoms with E-state index < -0.39 is 0 Å². The minimum atomic E-state index is -0.361. The van der Waals surface area contributed by atoms with Crippen LogP contribution in [-0.2, 0) is 11.2 Å². The zero-order chi connectivity index (χ0) is 18.5. The number of aromatic nitrogens is 2. The van der Waals surface area contributed by atoms with Crippen LogP contribution in [-0.4, -0.2) is 23.0 Å². The lowest BCUT2D eigenvalue weighted by Gasteiger charge is -2.09. The summed E-state index contributed by atoms with van der Waals surface area (Å²) < 4.78 is 5.19. The number of amides is 1. The van der Waals surface area contributed by atoms with E-state index in [2.05, 4.69) is 15.3 Å². The van der Waals surface area contributed by atoms with Gasteiger partial charge in [-0.1, -0.05) is 23.7 Å². The summed E-state index contributed by atoms with van der Waals surface area (Å²) in [5, 5.41) is 3.33. The van der Waals surface area contributed by atoms with E-state index in [-0.39, 0.29) is 23.5 Å². The molecule has 3 aromatic rings. The Morgan fingerprint density at radius 2 is 1.92 bits per heavy atom. The number of anilines is 1. The summed E-state index contributed by atoms with van der Waals surface area (Å²) in [7, 11) is 1.52. The number of nitrogens with one attached hydrogen (secondary N) is 2. The number of hydrogen-bond donors (Lipinski definition) is 2. The molecule has 0 aliphatic rings. The Labute approximate surface area is 154 Å². The van der Waals surface area contributed by atoms with Gasteiger partial charge < -0.3 is 15.0 Å². The summed E-state index contributed by atoms with van der Waals surface area (Å²) >= 11 is 5.86. The van der Waals surface area contributed by atoms with E-state index >= 15 is 0 Å². The number of para-hydroxylation sites is 2. The van der Waals surface area contributed by atoms with Crippen molar-refractivity contribution in [2.24, 2.45) is 0 Å². The van der Waals surface area contributed by atoms with Gasteiger partial charge in [-0.15, -0.1) is 0 Å². The smallest absolute Gasteiger partial charge is 0.254 e. The molecule has 7 heteroatoms. The van der Waals surface area contributed by atoms with Gasteiger partial charge in [0.15, 0.2) is 0 Å². The first-order chi connectivity index (χ1) is 12.6. The van der Waals surface area contributed by atoms with Crippen LogP contribution >= 0.6 is 11.6 Å². The SMILES string of the molecule is COc1ccccc1NC(=O)Cc1cnc(-c2ccc(Cl)cc2)[nH]c1=O. The number of ether oxygens (including phenoxy) is 1. The lowest BCUT2D eigenvalue weighted by molar-refractivity contribution is -0.115. The molecule has 0 saturated carbocycles. The molecule has 0 bridgehead atoms. The first-order valence-corrected chi connectivity index (χ1v) is 8.21. The van der Waals surface area contributed by atoms with Crippen LogP contribution in [0.4, 0.5) is 5.69 Å². The zero-order valence-electron chi connectivity index (χ0n) is 14.0. The molecule has 0 fully saturated rings. The Balaban J connectivity index is 1.75. The van der Waals surface area contributed by atoms with Crippen LogP contribution < -0.4 is 15.6 Å².